The smallest absolute Gasteiger partial charge is 0.244 e. The Kier molecular flexibility index (Phi) is 6.36. The number of ether oxygens (including phenoxy) is 1. The molecule has 0 atom stereocenters. The SMILES string of the molecule is COc1ccc(Cl)c(CC(=O)N/N=C/c2cc(Cl)c(O)c(Cl)c2O)c1. The van der Waals surface area contributed by atoms with Crippen LogP contribution < -0.4 is 10.2 Å². The monoisotopic (exact) mass is 402 g/mol. The molecule has 0 spiro atoms. The Bertz CT molecular complexity index is 841. The number of hydrogen-bond acceptors (Lipinski definition) is 5. The maximum Gasteiger partial charge on any atom is 0.244 e. The minimum Gasteiger partial charge on any atom is -0.506 e. The van der Waals surface area contributed by atoms with Crippen molar-refractivity contribution in [1.29, 1.82) is 0 Å². The lowest BCUT2D eigenvalue weighted by molar-refractivity contribution is -0.120. The molecule has 0 unspecified atom stereocenters. The third-order valence-electron chi connectivity index (χ3n) is 3.19. The van der Waals surface area contributed by atoms with Crippen LogP contribution in [0.1, 0.15) is 11.1 Å². The van der Waals surface area contributed by atoms with Gasteiger partial charge in [0.05, 0.1) is 24.8 Å². The summed E-state index contributed by atoms with van der Waals surface area (Å²) in [7, 11) is 1.51. The molecule has 0 fully saturated rings. The topological polar surface area (TPSA) is 91.2 Å². The van der Waals surface area contributed by atoms with Crippen LogP contribution in [-0.4, -0.2) is 29.4 Å². The predicted molar refractivity (Wildman–Crippen MR) is 97.2 cm³/mol. The van der Waals surface area contributed by atoms with E-state index >= 15 is 0 Å². The molecule has 0 aliphatic rings. The molecule has 6 nitrogen and oxygen atoms in total. The van der Waals surface area contributed by atoms with Crippen molar-refractivity contribution >= 4 is 46.9 Å². The van der Waals surface area contributed by atoms with E-state index in [1.165, 1.54) is 13.2 Å². The summed E-state index contributed by atoms with van der Waals surface area (Å²) in [4.78, 5) is 11.9. The van der Waals surface area contributed by atoms with Crippen molar-refractivity contribution in [1.82, 2.24) is 5.43 Å². The second-order valence-electron chi connectivity index (χ2n) is 4.89. The van der Waals surface area contributed by atoms with Crippen LogP contribution in [0.4, 0.5) is 0 Å². The minimum absolute atomic E-state index is 0.0174. The van der Waals surface area contributed by atoms with Gasteiger partial charge in [0.25, 0.3) is 0 Å². The summed E-state index contributed by atoms with van der Waals surface area (Å²) < 4.78 is 5.08. The van der Waals surface area contributed by atoms with Crippen molar-refractivity contribution in [2.45, 2.75) is 6.42 Å². The van der Waals surface area contributed by atoms with Gasteiger partial charge < -0.3 is 14.9 Å². The number of methoxy groups -OCH3 is 1. The molecule has 0 radical (unpaired) electrons. The summed E-state index contributed by atoms with van der Waals surface area (Å²) in [5.74, 6) is -0.692. The van der Waals surface area contributed by atoms with Crippen molar-refractivity contribution in [3.8, 4) is 17.2 Å². The Morgan fingerprint density at radius 3 is 2.60 bits per heavy atom. The lowest BCUT2D eigenvalue weighted by atomic mass is 10.1. The number of carbonyl (C=O) groups is 1. The van der Waals surface area contributed by atoms with Crippen LogP contribution in [0, 0.1) is 0 Å². The number of nitrogens with zero attached hydrogens (tertiary/aromatic N) is 1. The largest absolute Gasteiger partial charge is 0.506 e. The Morgan fingerprint density at radius 1 is 1.20 bits per heavy atom. The molecule has 9 heteroatoms. The van der Waals surface area contributed by atoms with E-state index in [1.54, 1.807) is 18.2 Å². The van der Waals surface area contributed by atoms with Crippen LogP contribution in [0.2, 0.25) is 15.1 Å². The third-order valence-corrected chi connectivity index (χ3v) is 4.21. The van der Waals surface area contributed by atoms with Crippen molar-refractivity contribution in [2.24, 2.45) is 5.10 Å². The van der Waals surface area contributed by atoms with Gasteiger partial charge in [-0.2, -0.15) is 5.10 Å². The average molecular weight is 404 g/mol. The molecule has 0 aliphatic carbocycles. The summed E-state index contributed by atoms with van der Waals surface area (Å²) in [5.41, 5.74) is 3.00. The van der Waals surface area contributed by atoms with Crippen molar-refractivity contribution < 1.29 is 19.7 Å². The molecule has 2 aromatic rings. The van der Waals surface area contributed by atoms with Gasteiger partial charge in [0, 0.05) is 10.6 Å². The van der Waals surface area contributed by atoms with Crippen LogP contribution in [0.5, 0.6) is 17.2 Å². The highest BCUT2D eigenvalue weighted by atomic mass is 35.5. The van der Waals surface area contributed by atoms with Gasteiger partial charge in [0.15, 0.2) is 5.75 Å². The molecule has 0 saturated carbocycles. The molecular weight excluding hydrogens is 391 g/mol. The van der Waals surface area contributed by atoms with Gasteiger partial charge in [-0.05, 0) is 29.8 Å². The van der Waals surface area contributed by atoms with E-state index in [9.17, 15) is 15.0 Å². The molecule has 0 saturated heterocycles. The van der Waals surface area contributed by atoms with Gasteiger partial charge in [-0.15, -0.1) is 0 Å². The molecule has 132 valence electrons. The number of aromatic hydroxyl groups is 2. The van der Waals surface area contributed by atoms with Crippen LogP contribution in [-0.2, 0) is 11.2 Å². The Balaban J connectivity index is 2.07. The quantitative estimate of drug-likeness (QED) is 0.524. The van der Waals surface area contributed by atoms with Gasteiger partial charge >= 0.3 is 0 Å². The van der Waals surface area contributed by atoms with Gasteiger partial charge in [-0.3, -0.25) is 4.79 Å². The first-order valence-electron chi connectivity index (χ1n) is 6.87. The van der Waals surface area contributed by atoms with Crippen LogP contribution >= 0.6 is 34.8 Å². The molecule has 3 N–H and O–H groups in total. The third kappa shape index (κ3) is 4.69. The maximum absolute atomic E-state index is 11.9. The first-order chi connectivity index (χ1) is 11.8. The Labute approximate surface area is 158 Å². The molecular formula is C16H13Cl3N2O4. The summed E-state index contributed by atoms with van der Waals surface area (Å²) in [6.45, 7) is 0. The zero-order chi connectivity index (χ0) is 18.6. The number of hydrogen-bond donors (Lipinski definition) is 3. The molecule has 2 rings (SSSR count). The summed E-state index contributed by atoms with van der Waals surface area (Å²) in [5, 5.41) is 23.1. The fourth-order valence-electron chi connectivity index (χ4n) is 1.92. The molecule has 0 heterocycles. The molecule has 1 amide bonds. The predicted octanol–water partition coefficient (Wildman–Crippen LogP) is 3.76. The van der Waals surface area contributed by atoms with Crippen LogP contribution in [0.25, 0.3) is 0 Å². The Morgan fingerprint density at radius 2 is 1.92 bits per heavy atom. The number of hydrazone groups is 1. The van der Waals surface area contributed by atoms with Gasteiger partial charge in [-0.1, -0.05) is 34.8 Å². The number of rotatable bonds is 5. The molecule has 2 aromatic carbocycles. The Hall–Kier alpha value is -2.15. The van der Waals surface area contributed by atoms with Crippen molar-refractivity contribution in [2.75, 3.05) is 7.11 Å². The van der Waals surface area contributed by atoms with E-state index < -0.39 is 17.4 Å². The average Bonchev–Trinajstić information content (AvgIpc) is 2.59. The second-order valence-corrected chi connectivity index (χ2v) is 6.08. The second kappa shape index (κ2) is 8.29. The standard InChI is InChI=1S/C16H13Cl3N2O4/c1-25-10-2-3-11(17)8(4-10)6-13(22)21-20-7-9-5-12(18)16(24)14(19)15(9)23/h2-5,7,23-24H,6H2,1H3,(H,21,22)/b20-7+. The normalized spacial score (nSPS) is 10.9. The van der Waals surface area contributed by atoms with E-state index in [1.807, 2.05) is 0 Å². The van der Waals surface area contributed by atoms with E-state index in [0.29, 0.717) is 16.3 Å². The number of nitrogens with one attached hydrogen (secondary N) is 1. The van der Waals surface area contributed by atoms with Crippen molar-refractivity contribution in [3.05, 3.63) is 50.5 Å². The number of amides is 1. The number of phenols is 2. The summed E-state index contributed by atoms with van der Waals surface area (Å²) >= 11 is 17.5. The zero-order valence-corrected chi connectivity index (χ0v) is 15.2. The number of carbonyl (C=O) groups excluding carboxylic acids is 1. The number of halogens is 3. The first-order valence-corrected chi connectivity index (χ1v) is 8.01. The fourth-order valence-corrected chi connectivity index (χ4v) is 2.57. The summed E-state index contributed by atoms with van der Waals surface area (Å²) in [6, 6.07) is 6.22. The molecule has 0 aromatic heterocycles. The van der Waals surface area contributed by atoms with Gasteiger partial charge in [-0.25, -0.2) is 5.43 Å². The lowest BCUT2D eigenvalue weighted by Crippen LogP contribution is -2.20. The van der Waals surface area contributed by atoms with E-state index in [0.717, 1.165) is 6.21 Å². The zero-order valence-electron chi connectivity index (χ0n) is 12.9. The maximum atomic E-state index is 11.9. The van der Waals surface area contributed by atoms with Crippen LogP contribution in [0.3, 0.4) is 0 Å². The summed E-state index contributed by atoms with van der Waals surface area (Å²) in [6.07, 6.45) is 1.13. The van der Waals surface area contributed by atoms with E-state index in [-0.39, 0.29) is 22.0 Å². The molecule has 0 aliphatic heterocycles. The molecule has 0 bridgehead atoms. The highest BCUT2D eigenvalue weighted by molar-refractivity contribution is 6.38. The van der Waals surface area contributed by atoms with E-state index in [4.69, 9.17) is 39.5 Å². The molecule has 25 heavy (non-hydrogen) atoms. The highest BCUT2D eigenvalue weighted by Gasteiger charge is 2.13. The number of phenolic OH excluding ortho intramolecular Hbond substituents is 2. The van der Waals surface area contributed by atoms with E-state index in [2.05, 4.69) is 10.5 Å². The highest BCUT2D eigenvalue weighted by Crippen LogP contribution is 2.40. The fraction of sp³-hybridized carbons (Fsp3) is 0.125. The first kappa shape index (κ1) is 19.2. The van der Waals surface area contributed by atoms with Gasteiger partial charge in [0.1, 0.15) is 16.5 Å². The van der Waals surface area contributed by atoms with Crippen LogP contribution in [0.15, 0.2) is 29.4 Å². The van der Waals surface area contributed by atoms with Gasteiger partial charge in [0.2, 0.25) is 5.91 Å². The van der Waals surface area contributed by atoms with Crippen molar-refractivity contribution in [3.63, 3.8) is 0 Å². The lowest BCUT2D eigenvalue weighted by Gasteiger charge is -2.07. The number of benzene rings is 2. The minimum atomic E-state index is -0.435.